The van der Waals surface area contributed by atoms with E-state index in [0.29, 0.717) is 12.8 Å². The van der Waals surface area contributed by atoms with E-state index in [4.69, 9.17) is 11.5 Å². The van der Waals surface area contributed by atoms with Crippen LogP contribution in [0.5, 0.6) is 0 Å². The molecule has 1 aliphatic carbocycles. The van der Waals surface area contributed by atoms with Crippen molar-refractivity contribution in [3.05, 3.63) is 0 Å². The van der Waals surface area contributed by atoms with Crippen molar-refractivity contribution >= 4 is 11.9 Å². The van der Waals surface area contributed by atoms with Gasteiger partial charge in [0.05, 0.1) is 5.92 Å². The normalized spacial score (nSPS) is 24.5. The fourth-order valence-corrected chi connectivity index (χ4v) is 2.33. The molecule has 0 spiro atoms. The van der Waals surface area contributed by atoms with E-state index in [1.54, 1.807) is 0 Å². The molecule has 112 valence electrons. The summed E-state index contributed by atoms with van der Waals surface area (Å²) in [5, 5.41) is 11.1. The first-order chi connectivity index (χ1) is 9.25. The quantitative estimate of drug-likeness (QED) is 0.778. The third-order valence-electron chi connectivity index (χ3n) is 3.44. The molecule has 0 aliphatic heterocycles. The minimum atomic E-state index is -4.32. The summed E-state index contributed by atoms with van der Waals surface area (Å²) in [4.78, 5) is 22.7. The Bertz CT molecular complexity index is 414. The number of terminal acetylenes is 1. The lowest BCUT2D eigenvalue weighted by atomic mass is 9.80. The van der Waals surface area contributed by atoms with Crippen molar-refractivity contribution in [3.8, 4) is 12.3 Å². The molecule has 4 nitrogen and oxygen atoms in total. The predicted molar refractivity (Wildman–Crippen MR) is 64.5 cm³/mol. The monoisotopic (exact) mass is 291 g/mol. The fraction of sp³-hybridized carbons (Fsp3) is 0.692. The van der Waals surface area contributed by atoms with E-state index in [2.05, 4.69) is 11.2 Å². The molecule has 2 N–H and O–H groups in total. The molecular weight excluding hydrogens is 275 g/mol. The minimum Gasteiger partial charge on any atom is -0.480 e. The second kappa shape index (κ2) is 6.64. The maximum Gasteiger partial charge on any atom is 0.391 e. The maximum absolute atomic E-state index is 12.6. The van der Waals surface area contributed by atoms with E-state index >= 15 is 0 Å². The SMILES string of the molecule is C#CCC(NC(=O)C1CCCC(C(F)(F)F)C1)C(=O)O. The van der Waals surface area contributed by atoms with Crippen molar-refractivity contribution < 1.29 is 27.9 Å². The molecule has 1 fully saturated rings. The first-order valence-electron chi connectivity index (χ1n) is 6.29. The van der Waals surface area contributed by atoms with Crippen molar-refractivity contribution in [2.75, 3.05) is 0 Å². The summed E-state index contributed by atoms with van der Waals surface area (Å²) in [5.74, 6) is -2.15. The largest absolute Gasteiger partial charge is 0.480 e. The second-order valence-electron chi connectivity index (χ2n) is 4.91. The number of carboxylic acid groups (broad SMARTS) is 1. The van der Waals surface area contributed by atoms with Gasteiger partial charge in [-0.2, -0.15) is 13.2 Å². The zero-order valence-electron chi connectivity index (χ0n) is 10.7. The Labute approximate surface area is 114 Å². The van der Waals surface area contributed by atoms with Crippen LogP contribution in [0.15, 0.2) is 0 Å². The van der Waals surface area contributed by atoms with Gasteiger partial charge in [0, 0.05) is 12.3 Å². The maximum atomic E-state index is 12.6. The fourth-order valence-electron chi connectivity index (χ4n) is 2.33. The summed E-state index contributed by atoms with van der Waals surface area (Å²) in [6.07, 6.45) is 0.829. The molecular formula is C13H16F3NO3. The molecule has 0 bridgehead atoms. The van der Waals surface area contributed by atoms with Crippen molar-refractivity contribution in [2.45, 2.75) is 44.3 Å². The highest BCUT2D eigenvalue weighted by molar-refractivity contribution is 5.85. The topological polar surface area (TPSA) is 66.4 Å². The first-order valence-corrected chi connectivity index (χ1v) is 6.29. The predicted octanol–water partition coefficient (Wildman–Crippen LogP) is 1.95. The summed E-state index contributed by atoms with van der Waals surface area (Å²) in [6.45, 7) is 0. The lowest BCUT2D eigenvalue weighted by Crippen LogP contribution is -2.45. The summed E-state index contributed by atoms with van der Waals surface area (Å²) in [7, 11) is 0. The molecule has 0 aromatic heterocycles. The molecule has 0 heterocycles. The lowest BCUT2D eigenvalue weighted by Gasteiger charge is -2.30. The molecule has 0 radical (unpaired) electrons. The van der Waals surface area contributed by atoms with Gasteiger partial charge in [-0.05, 0) is 19.3 Å². The average Bonchev–Trinajstić information content (AvgIpc) is 2.37. The molecule has 3 unspecified atom stereocenters. The standard InChI is InChI=1S/C13H16F3NO3/c1-2-4-10(12(19)20)17-11(18)8-5-3-6-9(7-8)13(14,15)16/h1,8-10H,3-7H2,(H,17,18)(H,19,20). The van der Waals surface area contributed by atoms with Crippen LogP contribution < -0.4 is 5.32 Å². The number of carbonyl (C=O) groups excluding carboxylic acids is 1. The number of rotatable bonds is 4. The van der Waals surface area contributed by atoms with E-state index in [-0.39, 0.29) is 19.3 Å². The minimum absolute atomic E-state index is 0.0139. The highest BCUT2D eigenvalue weighted by atomic mass is 19.4. The van der Waals surface area contributed by atoms with Gasteiger partial charge in [-0.1, -0.05) is 6.42 Å². The molecule has 7 heteroatoms. The number of amides is 1. The Balaban J connectivity index is 2.63. The molecule has 0 aromatic carbocycles. The van der Waals surface area contributed by atoms with Crippen molar-refractivity contribution in [3.63, 3.8) is 0 Å². The van der Waals surface area contributed by atoms with Crippen LogP contribution >= 0.6 is 0 Å². The smallest absolute Gasteiger partial charge is 0.391 e. The third-order valence-corrected chi connectivity index (χ3v) is 3.44. The van der Waals surface area contributed by atoms with E-state index in [0.717, 1.165) is 0 Å². The van der Waals surface area contributed by atoms with Crippen LogP contribution in [0.3, 0.4) is 0 Å². The van der Waals surface area contributed by atoms with Crippen LogP contribution in [0.25, 0.3) is 0 Å². The Morgan fingerprint density at radius 1 is 1.40 bits per heavy atom. The Hall–Kier alpha value is -1.71. The number of hydrogen-bond acceptors (Lipinski definition) is 2. The summed E-state index contributed by atoms with van der Waals surface area (Å²) < 4.78 is 37.9. The molecule has 0 aromatic rings. The summed E-state index contributed by atoms with van der Waals surface area (Å²) in [5.41, 5.74) is 0. The number of carbonyl (C=O) groups is 2. The van der Waals surface area contributed by atoms with Gasteiger partial charge in [-0.25, -0.2) is 4.79 Å². The van der Waals surface area contributed by atoms with Gasteiger partial charge in [-0.15, -0.1) is 12.3 Å². The number of carboxylic acids is 1. The highest BCUT2D eigenvalue weighted by Gasteiger charge is 2.43. The van der Waals surface area contributed by atoms with Gasteiger partial charge in [0.2, 0.25) is 5.91 Å². The van der Waals surface area contributed by atoms with Gasteiger partial charge in [0.1, 0.15) is 6.04 Å². The molecule has 1 saturated carbocycles. The van der Waals surface area contributed by atoms with Crippen LogP contribution in [0.4, 0.5) is 13.2 Å². The van der Waals surface area contributed by atoms with E-state index < -0.39 is 35.9 Å². The van der Waals surface area contributed by atoms with Crippen LogP contribution in [-0.2, 0) is 9.59 Å². The number of hydrogen-bond donors (Lipinski definition) is 2. The summed E-state index contributed by atoms with van der Waals surface area (Å²) >= 11 is 0. The Morgan fingerprint density at radius 2 is 2.05 bits per heavy atom. The van der Waals surface area contributed by atoms with Gasteiger partial charge in [-0.3, -0.25) is 4.79 Å². The zero-order valence-corrected chi connectivity index (χ0v) is 10.7. The van der Waals surface area contributed by atoms with Crippen LogP contribution in [-0.4, -0.2) is 29.2 Å². The first kappa shape index (κ1) is 16.3. The van der Waals surface area contributed by atoms with E-state index in [9.17, 15) is 22.8 Å². The summed E-state index contributed by atoms with van der Waals surface area (Å²) in [6, 6.07) is -1.25. The molecule has 0 saturated heterocycles. The molecule has 20 heavy (non-hydrogen) atoms. The number of halogens is 3. The average molecular weight is 291 g/mol. The van der Waals surface area contributed by atoms with E-state index in [1.807, 2.05) is 0 Å². The number of aliphatic carboxylic acids is 1. The Morgan fingerprint density at radius 3 is 2.55 bits per heavy atom. The molecule has 1 aliphatic rings. The van der Waals surface area contributed by atoms with Crippen LogP contribution in [0.2, 0.25) is 0 Å². The second-order valence-corrected chi connectivity index (χ2v) is 4.91. The van der Waals surface area contributed by atoms with Crippen LogP contribution in [0, 0.1) is 24.2 Å². The zero-order chi connectivity index (χ0) is 15.3. The third kappa shape index (κ3) is 4.44. The van der Waals surface area contributed by atoms with Crippen molar-refractivity contribution in [1.29, 1.82) is 0 Å². The molecule has 3 atom stereocenters. The van der Waals surface area contributed by atoms with Crippen LogP contribution in [0.1, 0.15) is 32.1 Å². The van der Waals surface area contributed by atoms with Gasteiger partial charge in [0.25, 0.3) is 0 Å². The van der Waals surface area contributed by atoms with Gasteiger partial charge >= 0.3 is 12.1 Å². The van der Waals surface area contributed by atoms with E-state index in [1.165, 1.54) is 0 Å². The Kier molecular flexibility index (Phi) is 5.43. The molecule has 1 rings (SSSR count). The van der Waals surface area contributed by atoms with Gasteiger partial charge < -0.3 is 10.4 Å². The van der Waals surface area contributed by atoms with Gasteiger partial charge in [0.15, 0.2) is 0 Å². The number of nitrogens with one attached hydrogen (secondary N) is 1. The lowest BCUT2D eigenvalue weighted by molar-refractivity contribution is -0.186. The van der Waals surface area contributed by atoms with Crippen molar-refractivity contribution in [2.24, 2.45) is 11.8 Å². The molecule has 1 amide bonds. The van der Waals surface area contributed by atoms with Crippen molar-refractivity contribution in [1.82, 2.24) is 5.32 Å². The number of alkyl halides is 3. The highest BCUT2D eigenvalue weighted by Crippen LogP contribution is 2.39.